The maximum absolute atomic E-state index is 14.0. The fourth-order valence-electron chi connectivity index (χ4n) is 3.77. The van der Waals surface area contributed by atoms with E-state index in [0.29, 0.717) is 11.3 Å². The first-order valence-corrected chi connectivity index (χ1v) is 8.94. The smallest absolute Gasteiger partial charge is 0.131 e. The average molecular weight is 334 g/mol. The molecule has 0 radical (unpaired) electrons. The summed E-state index contributed by atoms with van der Waals surface area (Å²) in [6.07, 6.45) is 1.09. The fourth-order valence-corrected chi connectivity index (χ4v) is 3.77. The van der Waals surface area contributed by atoms with E-state index < -0.39 is 0 Å². The van der Waals surface area contributed by atoms with E-state index in [1.807, 2.05) is 30.3 Å². The molecule has 0 fully saturated rings. The molecule has 3 aromatic rings. The first kappa shape index (κ1) is 16.1. The van der Waals surface area contributed by atoms with Crippen molar-refractivity contribution in [3.63, 3.8) is 0 Å². The van der Waals surface area contributed by atoms with Gasteiger partial charge in [0.25, 0.3) is 0 Å². The lowest BCUT2D eigenvalue weighted by Gasteiger charge is -2.28. The van der Waals surface area contributed by atoms with E-state index in [0.717, 1.165) is 30.5 Å². The van der Waals surface area contributed by atoms with Gasteiger partial charge in [0.05, 0.1) is 0 Å². The molecule has 3 heteroatoms. The summed E-state index contributed by atoms with van der Waals surface area (Å²) >= 11 is 0. The van der Waals surface area contributed by atoms with Crippen LogP contribution in [0.25, 0.3) is 10.8 Å². The number of fused-ring (bicyclic) bond motifs is 2. The zero-order chi connectivity index (χ0) is 17.2. The zero-order valence-electron chi connectivity index (χ0n) is 14.4. The standard InChI is InChI=1S/C22H23FN2/c1-15(18-10-11-21(23)20-8-4-3-7-19(18)20)24-13-16-12-17-6-2-5-9-22(17)25-14-16/h2-11,15-16,24-25H,12-14H2,1H3. The highest BCUT2D eigenvalue weighted by Gasteiger charge is 2.19. The first-order valence-electron chi connectivity index (χ1n) is 8.94. The summed E-state index contributed by atoms with van der Waals surface area (Å²) in [5, 5.41) is 8.86. The molecular formula is C22H23FN2. The van der Waals surface area contributed by atoms with Crippen LogP contribution in [0.1, 0.15) is 24.1 Å². The first-order chi connectivity index (χ1) is 12.2. The largest absolute Gasteiger partial charge is 0.384 e. The number of hydrogen-bond donors (Lipinski definition) is 2. The van der Waals surface area contributed by atoms with Gasteiger partial charge in [-0.3, -0.25) is 0 Å². The Morgan fingerprint density at radius 3 is 2.68 bits per heavy atom. The molecule has 1 aliphatic heterocycles. The van der Waals surface area contributed by atoms with E-state index in [-0.39, 0.29) is 11.9 Å². The van der Waals surface area contributed by atoms with Gasteiger partial charge in [0.1, 0.15) is 5.82 Å². The molecule has 0 bridgehead atoms. The van der Waals surface area contributed by atoms with Crippen molar-refractivity contribution in [3.05, 3.63) is 77.6 Å². The van der Waals surface area contributed by atoms with Crippen molar-refractivity contribution in [1.29, 1.82) is 0 Å². The second kappa shape index (κ2) is 6.85. The second-order valence-corrected chi connectivity index (χ2v) is 6.92. The topological polar surface area (TPSA) is 24.1 Å². The van der Waals surface area contributed by atoms with Crippen molar-refractivity contribution in [3.8, 4) is 0 Å². The summed E-state index contributed by atoms with van der Waals surface area (Å²) in [5.74, 6) is 0.406. The van der Waals surface area contributed by atoms with Gasteiger partial charge in [-0.05, 0) is 47.9 Å². The van der Waals surface area contributed by atoms with Crippen LogP contribution in [0, 0.1) is 11.7 Å². The molecule has 2 atom stereocenters. The Bertz CT molecular complexity index is 890. The Morgan fingerprint density at radius 2 is 1.80 bits per heavy atom. The molecule has 0 saturated carbocycles. The quantitative estimate of drug-likeness (QED) is 0.708. The Morgan fingerprint density at radius 1 is 1.04 bits per heavy atom. The third-order valence-corrected chi connectivity index (χ3v) is 5.19. The molecule has 2 N–H and O–H groups in total. The lowest BCUT2D eigenvalue weighted by molar-refractivity contribution is 0.450. The summed E-state index contributed by atoms with van der Waals surface area (Å²) in [4.78, 5) is 0. The van der Waals surface area contributed by atoms with Crippen LogP contribution < -0.4 is 10.6 Å². The van der Waals surface area contributed by atoms with Crippen molar-refractivity contribution >= 4 is 16.5 Å². The van der Waals surface area contributed by atoms with Crippen molar-refractivity contribution < 1.29 is 4.39 Å². The van der Waals surface area contributed by atoms with Crippen LogP contribution in [0.4, 0.5) is 10.1 Å². The Balaban J connectivity index is 1.47. The molecule has 0 spiro atoms. The van der Waals surface area contributed by atoms with Crippen LogP contribution >= 0.6 is 0 Å². The number of halogens is 1. The molecule has 0 amide bonds. The number of nitrogens with one attached hydrogen (secondary N) is 2. The highest BCUT2D eigenvalue weighted by Crippen LogP contribution is 2.28. The molecule has 0 aromatic heterocycles. The third kappa shape index (κ3) is 3.24. The molecule has 1 aliphatic rings. The van der Waals surface area contributed by atoms with Gasteiger partial charge in [-0.25, -0.2) is 4.39 Å². The van der Waals surface area contributed by atoms with Gasteiger partial charge >= 0.3 is 0 Å². The second-order valence-electron chi connectivity index (χ2n) is 6.92. The average Bonchev–Trinajstić information content (AvgIpc) is 2.66. The minimum Gasteiger partial charge on any atom is -0.384 e. The molecule has 2 unspecified atom stereocenters. The molecule has 3 aromatic carbocycles. The van der Waals surface area contributed by atoms with Gasteiger partial charge in [-0.1, -0.05) is 48.5 Å². The molecule has 25 heavy (non-hydrogen) atoms. The van der Waals surface area contributed by atoms with Crippen molar-refractivity contribution in [2.24, 2.45) is 5.92 Å². The number of para-hydroxylation sites is 1. The minimum atomic E-state index is -0.153. The summed E-state index contributed by atoms with van der Waals surface area (Å²) in [7, 11) is 0. The summed E-state index contributed by atoms with van der Waals surface area (Å²) in [6, 6.07) is 19.9. The molecule has 0 saturated heterocycles. The maximum Gasteiger partial charge on any atom is 0.131 e. The number of benzene rings is 3. The minimum absolute atomic E-state index is 0.153. The van der Waals surface area contributed by atoms with Crippen molar-refractivity contribution in [2.75, 3.05) is 18.4 Å². The maximum atomic E-state index is 14.0. The van der Waals surface area contributed by atoms with Gasteiger partial charge in [0.15, 0.2) is 0 Å². The van der Waals surface area contributed by atoms with Crippen LogP contribution in [0.3, 0.4) is 0 Å². The van der Waals surface area contributed by atoms with E-state index in [9.17, 15) is 4.39 Å². The number of anilines is 1. The lowest BCUT2D eigenvalue weighted by Crippen LogP contribution is -2.33. The molecule has 1 heterocycles. The SMILES string of the molecule is CC(NCC1CNc2ccccc2C1)c1ccc(F)c2ccccc12. The van der Waals surface area contributed by atoms with Gasteiger partial charge in [-0.2, -0.15) is 0 Å². The third-order valence-electron chi connectivity index (χ3n) is 5.19. The highest BCUT2D eigenvalue weighted by atomic mass is 19.1. The zero-order valence-corrected chi connectivity index (χ0v) is 14.4. The van der Waals surface area contributed by atoms with Gasteiger partial charge in [0.2, 0.25) is 0 Å². The Labute approximate surface area is 148 Å². The van der Waals surface area contributed by atoms with Crippen LogP contribution in [-0.2, 0) is 6.42 Å². The summed E-state index contributed by atoms with van der Waals surface area (Å²) < 4.78 is 14.0. The van der Waals surface area contributed by atoms with E-state index in [4.69, 9.17) is 0 Å². The molecule has 4 rings (SSSR count). The monoisotopic (exact) mass is 334 g/mol. The predicted octanol–water partition coefficient (Wildman–Crippen LogP) is 4.91. The van der Waals surface area contributed by atoms with Gasteiger partial charge in [-0.15, -0.1) is 0 Å². The molecule has 128 valence electrons. The van der Waals surface area contributed by atoms with Crippen LogP contribution in [-0.4, -0.2) is 13.1 Å². The Kier molecular flexibility index (Phi) is 4.41. The number of rotatable bonds is 4. The van der Waals surface area contributed by atoms with E-state index in [2.05, 4.69) is 41.8 Å². The molecule has 0 aliphatic carbocycles. The van der Waals surface area contributed by atoms with Crippen LogP contribution in [0.2, 0.25) is 0 Å². The molecular weight excluding hydrogens is 311 g/mol. The predicted molar refractivity (Wildman–Crippen MR) is 102 cm³/mol. The normalized spacial score (nSPS) is 17.8. The van der Waals surface area contributed by atoms with Gasteiger partial charge < -0.3 is 10.6 Å². The molecule has 2 nitrogen and oxygen atoms in total. The summed E-state index contributed by atoms with van der Waals surface area (Å²) in [6.45, 7) is 4.08. The lowest BCUT2D eigenvalue weighted by atomic mass is 9.93. The number of hydrogen-bond acceptors (Lipinski definition) is 2. The van der Waals surface area contributed by atoms with Gasteiger partial charge in [0, 0.05) is 30.2 Å². The fraction of sp³-hybridized carbons (Fsp3) is 0.273. The van der Waals surface area contributed by atoms with E-state index in [1.54, 1.807) is 6.07 Å². The van der Waals surface area contributed by atoms with E-state index >= 15 is 0 Å². The Hall–Kier alpha value is -2.39. The van der Waals surface area contributed by atoms with E-state index in [1.165, 1.54) is 11.3 Å². The van der Waals surface area contributed by atoms with Crippen molar-refractivity contribution in [1.82, 2.24) is 5.32 Å². The van der Waals surface area contributed by atoms with Crippen LogP contribution in [0.5, 0.6) is 0 Å². The van der Waals surface area contributed by atoms with Crippen molar-refractivity contribution in [2.45, 2.75) is 19.4 Å². The highest BCUT2D eigenvalue weighted by molar-refractivity contribution is 5.86. The van der Waals surface area contributed by atoms with Crippen LogP contribution in [0.15, 0.2) is 60.7 Å². The summed E-state index contributed by atoms with van der Waals surface area (Å²) in [5.41, 5.74) is 3.80.